The molecule has 1 rings (SSSR count). The number of nitrogens with one attached hydrogen (secondary N) is 1. The first-order chi connectivity index (χ1) is 10.7. The molecule has 2 N–H and O–H groups in total. The minimum absolute atomic E-state index is 0.138. The molecule has 0 aliphatic carbocycles. The maximum atomic E-state index is 12.1. The summed E-state index contributed by atoms with van der Waals surface area (Å²) in [6.07, 6.45) is -3.81. The third-order valence-corrected chi connectivity index (χ3v) is 3.13. The Bertz CT molecular complexity index is 504. The minimum Gasteiger partial charge on any atom is -0.484 e. The molecule has 1 aromatic carbocycles. The number of rotatable bonds is 9. The maximum absolute atomic E-state index is 12.1. The average Bonchev–Trinajstić information content (AvgIpc) is 2.43. The third kappa shape index (κ3) is 8.44. The fourth-order valence-electron chi connectivity index (χ4n) is 2.14. The van der Waals surface area contributed by atoms with E-state index in [1.807, 2.05) is 13.8 Å². The highest BCUT2D eigenvalue weighted by molar-refractivity contribution is 5.70. The van der Waals surface area contributed by atoms with Crippen molar-refractivity contribution in [1.29, 1.82) is 0 Å². The highest BCUT2D eigenvalue weighted by atomic mass is 19.4. The molecule has 0 aliphatic heterocycles. The molecule has 1 unspecified atom stereocenters. The fraction of sp³-hybridized carbons (Fsp3) is 0.562. The van der Waals surface area contributed by atoms with Gasteiger partial charge in [0.05, 0.1) is 5.92 Å². The largest absolute Gasteiger partial charge is 0.484 e. The van der Waals surface area contributed by atoms with Gasteiger partial charge in [-0.1, -0.05) is 26.0 Å². The van der Waals surface area contributed by atoms with E-state index in [1.165, 1.54) is 12.1 Å². The molecule has 0 aliphatic rings. The smallest absolute Gasteiger partial charge is 0.422 e. The highest BCUT2D eigenvalue weighted by Crippen LogP contribution is 2.19. The first-order valence-electron chi connectivity index (χ1n) is 7.39. The van der Waals surface area contributed by atoms with E-state index in [1.54, 1.807) is 12.1 Å². The van der Waals surface area contributed by atoms with Gasteiger partial charge in [-0.3, -0.25) is 4.79 Å². The van der Waals surface area contributed by atoms with Gasteiger partial charge in [0.15, 0.2) is 6.61 Å². The van der Waals surface area contributed by atoms with Gasteiger partial charge in [0.1, 0.15) is 5.75 Å². The lowest BCUT2D eigenvalue weighted by molar-refractivity contribution is -0.153. The summed E-state index contributed by atoms with van der Waals surface area (Å²) in [7, 11) is 0. The fourth-order valence-corrected chi connectivity index (χ4v) is 2.14. The zero-order chi connectivity index (χ0) is 17.5. The molecule has 0 aromatic heterocycles. The van der Waals surface area contributed by atoms with Crippen LogP contribution in [0.5, 0.6) is 5.75 Å². The number of ether oxygens (including phenoxy) is 1. The van der Waals surface area contributed by atoms with Crippen LogP contribution in [0.2, 0.25) is 0 Å². The van der Waals surface area contributed by atoms with Gasteiger partial charge >= 0.3 is 12.1 Å². The summed E-state index contributed by atoms with van der Waals surface area (Å²) in [6, 6.07) is 6.31. The van der Waals surface area contributed by atoms with E-state index in [9.17, 15) is 18.0 Å². The summed E-state index contributed by atoms with van der Waals surface area (Å²) in [4.78, 5) is 11.1. The lowest BCUT2D eigenvalue weighted by Gasteiger charge is -2.15. The molecule has 0 amide bonds. The second kappa shape index (κ2) is 8.76. The van der Waals surface area contributed by atoms with Crippen LogP contribution in [0.4, 0.5) is 13.2 Å². The summed E-state index contributed by atoms with van der Waals surface area (Å²) in [5.41, 5.74) is 0.735. The maximum Gasteiger partial charge on any atom is 0.422 e. The van der Waals surface area contributed by atoms with Crippen LogP contribution in [0.3, 0.4) is 0 Å². The molecule has 0 heterocycles. The van der Waals surface area contributed by atoms with Crippen LogP contribution >= 0.6 is 0 Å². The Balaban J connectivity index is 2.49. The zero-order valence-corrected chi connectivity index (χ0v) is 13.2. The van der Waals surface area contributed by atoms with Crippen LogP contribution in [-0.4, -0.2) is 30.4 Å². The van der Waals surface area contributed by atoms with E-state index in [2.05, 4.69) is 10.1 Å². The summed E-state index contributed by atoms with van der Waals surface area (Å²) in [6.45, 7) is 3.25. The summed E-state index contributed by atoms with van der Waals surface area (Å²) < 4.78 is 41.0. The minimum atomic E-state index is -4.38. The topological polar surface area (TPSA) is 58.6 Å². The number of aliphatic carboxylic acids is 1. The van der Waals surface area contributed by atoms with Gasteiger partial charge in [0.25, 0.3) is 0 Å². The molecule has 23 heavy (non-hydrogen) atoms. The van der Waals surface area contributed by atoms with E-state index < -0.39 is 24.7 Å². The molecule has 0 spiro atoms. The predicted octanol–water partition coefficient (Wildman–Crippen LogP) is 3.46. The molecular formula is C16H22F3NO3. The zero-order valence-electron chi connectivity index (χ0n) is 13.2. The number of carboxylic acids is 1. The average molecular weight is 333 g/mol. The summed E-state index contributed by atoms with van der Waals surface area (Å²) >= 11 is 0. The number of alkyl halides is 3. The predicted molar refractivity (Wildman–Crippen MR) is 80.3 cm³/mol. The van der Waals surface area contributed by atoms with Gasteiger partial charge in [-0.15, -0.1) is 0 Å². The molecule has 0 saturated heterocycles. The Hall–Kier alpha value is -1.76. The lowest BCUT2D eigenvalue weighted by Crippen LogP contribution is -2.29. The molecule has 1 aromatic rings. The van der Waals surface area contributed by atoms with Gasteiger partial charge in [-0.05, 0) is 30.0 Å². The van der Waals surface area contributed by atoms with Crippen LogP contribution in [0, 0.1) is 11.8 Å². The van der Waals surface area contributed by atoms with Crippen LogP contribution in [0.15, 0.2) is 24.3 Å². The quantitative estimate of drug-likeness (QED) is 0.726. The number of hydrogen-bond acceptors (Lipinski definition) is 3. The van der Waals surface area contributed by atoms with Crippen LogP contribution in [0.1, 0.15) is 25.8 Å². The second-order valence-corrected chi connectivity index (χ2v) is 5.85. The number of benzene rings is 1. The Morgan fingerprint density at radius 2 is 2.04 bits per heavy atom. The molecule has 0 saturated carbocycles. The Morgan fingerprint density at radius 3 is 2.61 bits per heavy atom. The Labute approximate surface area is 133 Å². The van der Waals surface area contributed by atoms with Crippen molar-refractivity contribution >= 4 is 5.97 Å². The first kappa shape index (κ1) is 19.3. The van der Waals surface area contributed by atoms with E-state index in [0.717, 1.165) is 5.56 Å². The molecule has 0 radical (unpaired) electrons. The van der Waals surface area contributed by atoms with E-state index in [4.69, 9.17) is 5.11 Å². The van der Waals surface area contributed by atoms with Gasteiger partial charge < -0.3 is 15.2 Å². The van der Waals surface area contributed by atoms with Crippen molar-refractivity contribution in [2.75, 3.05) is 13.2 Å². The second-order valence-electron chi connectivity index (χ2n) is 5.85. The number of halogens is 3. The number of carboxylic acid groups (broad SMARTS) is 1. The molecule has 0 fully saturated rings. The Kier molecular flexibility index (Phi) is 7.35. The van der Waals surface area contributed by atoms with Gasteiger partial charge in [-0.2, -0.15) is 13.2 Å². The lowest BCUT2D eigenvalue weighted by atomic mass is 9.97. The van der Waals surface area contributed by atoms with Crippen molar-refractivity contribution in [2.24, 2.45) is 11.8 Å². The summed E-state index contributed by atoms with van der Waals surface area (Å²) in [5.74, 6) is -0.927. The summed E-state index contributed by atoms with van der Waals surface area (Å²) in [5, 5.41) is 12.2. The van der Waals surface area contributed by atoms with Crippen molar-refractivity contribution in [2.45, 2.75) is 33.0 Å². The van der Waals surface area contributed by atoms with Crippen molar-refractivity contribution < 1.29 is 27.8 Å². The van der Waals surface area contributed by atoms with Gasteiger partial charge in [0.2, 0.25) is 0 Å². The van der Waals surface area contributed by atoms with Crippen molar-refractivity contribution in [3.05, 3.63) is 29.8 Å². The van der Waals surface area contributed by atoms with Gasteiger partial charge in [-0.25, -0.2) is 0 Å². The van der Waals surface area contributed by atoms with Crippen LogP contribution in [0.25, 0.3) is 0 Å². The Morgan fingerprint density at radius 1 is 1.35 bits per heavy atom. The molecule has 4 nitrogen and oxygen atoms in total. The van der Waals surface area contributed by atoms with Crippen molar-refractivity contribution in [3.8, 4) is 5.75 Å². The van der Waals surface area contributed by atoms with Crippen LogP contribution < -0.4 is 10.1 Å². The molecular weight excluding hydrogens is 311 g/mol. The molecule has 130 valence electrons. The van der Waals surface area contributed by atoms with E-state index >= 15 is 0 Å². The van der Waals surface area contributed by atoms with Crippen LogP contribution in [-0.2, 0) is 11.3 Å². The third-order valence-electron chi connectivity index (χ3n) is 3.13. The number of carbonyl (C=O) groups is 1. The number of hydrogen-bond donors (Lipinski definition) is 2. The molecule has 0 bridgehead atoms. The van der Waals surface area contributed by atoms with E-state index in [0.29, 0.717) is 19.5 Å². The SMILES string of the molecule is CC(C)CC(CNCc1cccc(OCC(F)(F)F)c1)C(=O)O. The molecule has 1 atom stereocenters. The molecule has 7 heteroatoms. The van der Waals surface area contributed by atoms with Crippen molar-refractivity contribution in [1.82, 2.24) is 5.32 Å². The van der Waals surface area contributed by atoms with Gasteiger partial charge in [0, 0.05) is 13.1 Å². The van der Waals surface area contributed by atoms with E-state index in [-0.39, 0.29) is 11.7 Å². The monoisotopic (exact) mass is 333 g/mol. The standard InChI is InChI=1S/C16H22F3NO3/c1-11(2)6-13(15(21)22)9-20-8-12-4-3-5-14(7-12)23-10-16(17,18)19/h3-5,7,11,13,20H,6,8-10H2,1-2H3,(H,21,22). The highest BCUT2D eigenvalue weighted by Gasteiger charge is 2.28. The van der Waals surface area contributed by atoms with Crippen molar-refractivity contribution in [3.63, 3.8) is 0 Å². The first-order valence-corrected chi connectivity index (χ1v) is 7.39. The normalized spacial score (nSPS) is 13.1.